The molecule has 0 aliphatic carbocycles. The van der Waals surface area contributed by atoms with Crippen LogP contribution in [0.2, 0.25) is 0 Å². The summed E-state index contributed by atoms with van der Waals surface area (Å²) in [4.78, 5) is 11.9. The van der Waals surface area contributed by atoms with E-state index in [1.54, 1.807) is 13.8 Å². The molecule has 9 heteroatoms. The number of aliphatic hydroxyl groups excluding tert-OH is 2. The topological polar surface area (TPSA) is 88.5 Å². The molecule has 2 N–H and O–H groups in total. The average molecular weight is 449 g/mol. The van der Waals surface area contributed by atoms with Crippen LogP contribution in [0.1, 0.15) is 34.6 Å². The Balaban J connectivity index is 2.15. The van der Waals surface area contributed by atoms with Crippen molar-refractivity contribution in [3.63, 3.8) is 0 Å². The number of alkyl halides is 3. The van der Waals surface area contributed by atoms with E-state index in [4.69, 9.17) is 14.2 Å². The number of carbonyl (C=O) groups is 1. The molecule has 2 saturated heterocycles. The molecule has 2 aliphatic rings. The van der Waals surface area contributed by atoms with Crippen LogP contribution in [0.4, 0.5) is 9.18 Å². The number of cyclic esters (lactones) is 1. The number of carbonyl (C=O) groups excluding carboxylic acids is 1. The van der Waals surface area contributed by atoms with Crippen LogP contribution in [0.25, 0.3) is 0 Å². The fourth-order valence-corrected chi connectivity index (χ4v) is 7.14. The first-order valence-corrected chi connectivity index (χ1v) is 11.2. The molecule has 2 heterocycles. The summed E-state index contributed by atoms with van der Waals surface area (Å²) in [6.07, 6.45) is -5.07. The monoisotopic (exact) mass is 449 g/mol. The zero-order chi connectivity index (χ0) is 17.6. The van der Waals surface area contributed by atoms with Gasteiger partial charge < -0.3 is 0 Å². The van der Waals surface area contributed by atoms with E-state index in [-0.39, 0.29) is 15.1 Å². The molecule has 2 rings (SSSR count). The Labute approximate surface area is 142 Å². The molecule has 136 valence electrons. The van der Waals surface area contributed by atoms with Gasteiger partial charge in [-0.15, -0.1) is 0 Å². The van der Waals surface area contributed by atoms with Gasteiger partial charge in [0.2, 0.25) is 0 Å². The average Bonchev–Trinajstić information content (AvgIpc) is 2.99. The maximum absolute atomic E-state index is 15.2. The van der Waals surface area contributed by atoms with Crippen LogP contribution in [0, 0.1) is 0 Å². The second-order valence-corrected chi connectivity index (χ2v) is 12.8. The van der Waals surface area contributed by atoms with Crippen molar-refractivity contribution in [2.24, 2.45) is 0 Å². The summed E-state index contributed by atoms with van der Waals surface area (Å²) in [5, 5.41) is 20.8. The number of aliphatic hydroxyl groups is 2. The van der Waals surface area contributed by atoms with E-state index in [9.17, 15) is 15.0 Å². The summed E-state index contributed by atoms with van der Waals surface area (Å²) in [7, 11) is 0. The van der Waals surface area contributed by atoms with Gasteiger partial charge in [0.05, 0.1) is 0 Å². The quantitative estimate of drug-likeness (QED) is 0.378. The molecule has 0 radical (unpaired) electrons. The molecule has 0 aromatic heterocycles. The van der Waals surface area contributed by atoms with Crippen molar-refractivity contribution in [1.29, 1.82) is 0 Å². The zero-order valence-corrected chi connectivity index (χ0v) is 16.1. The molecule has 7 nitrogen and oxygen atoms in total. The Hall–Kier alpha value is -0.230. The SMILES string of the molecule is CC(C)I1COC(=O)N1C(O)[C@](C)(F)[C@H](O)[C@H]1COC(C)(C)O1. The summed E-state index contributed by atoms with van der Waals surface area (Å²) in [5.41, 5.74) is -2.47. The number of hydrogen-bond acceptors (Lipinski definition) is 6. The third-order valence-electron chi connectivity index (χ3n) is 3.88. The molecular formula is C14H25FINO6. The van der Waals surface area contributed by atoms with Crippen LogP contribution in [0.5, 0.6) is 0 Å². The zero-order valence-electron chi connectivity index (χ0n) is 14.0. The Kier molecular flexibility index (Phi) is 5.47. The van der Waals surface area contributed by atoms with Crippen LogP contribution in [0.15, 0.2) is 0 Å². The first-order valence-electron chi connectivity index (χ1n) is 7.44. The van der Waals surface area contributed by atoms with Crippen LogP contribution >= 0.6 is 20.1 Å². The standard InChI is InChI=1S/C14H25FINO6/c1-8(2)16-7-21-12(20)17(16)11(19)14(5,15)10(18)9-6-22-13(3,4)23-9/h8-11,18-19H,6-7H2,1-5H3/t9-,10-,11?,14-/m1/s1. The van der Waals surface area contributed by atoms with Crippen LogP contribution in [0.3, 0.4) is 0 Å². The van der Waals surface area contributed by atoms with Crippen LogP contribution < -0.4 is 0 Å². The van der Waals surface area contributed by atoms with Gasteiger partial charge in [-0.25, -0.2) is 0 Å². The molecule has 23 heavy (non-hydrogen) atoms. The van der Waals surface area contributed by atoms with E-state index in [0.29, 0.717) is 0 Å². The second-order valence-electron chi connectivity index (χ2n) is 6.55. The van der Waals surface area contributed by atoms with Gasteiger partial charge in [-0.05, 0) is 0 Å². The van der Waals surface area contributed by atoms with E-state index >= 15 is 4.39 Å². The Bertz CT molecular complexity index is 461. The van der Waals surface area contributed by atoms with Crippen molar-refractivity contribution in [3.05, 3.63) is 0 Å². The van der Waals surface area contributed by atoms with E-state index in [1.807, 2.05) is 13.8 Å². The summed E-state index contributed by atoms with van der Waals surface area (Å²) in [5.74, 6) is -0.921. The number of nitrogens with zero attached hydrogens (tertiary/aromatic N) is 1. The fraction of sp³-hybridized carbons (Fsp3) is 0.929. The number of ether oxygens (including phenoxy) is 3. The van der Waals surface area contributed by atoms with E-state index in [2.05, 4.69) is 0 Å². The predicted octanol–water partition coefficient (Wildman–Crippen LogP) is 1.78. The van der Waals surface area contributed by atoms with Crippen molar-refractivity contribution in [1.82, 2.24) is 3.11 Å². The van der Waals surface area contributed by atoms with Gasteiger partial charge in [-0.2, -0.15) is 0 Å². The number of amides is 1. The molecule has 0 saturated carbocycles. The first-order chi connectivity index (χ1) is 10.5. The molecule has 2 aliphatic heterocycles. The second kappa shape index (κ2) is 6.58. The van der Waals surface area contributed by atoms with Gasteiger partial charge in [0.15, 0.2) is 0 Å². The fourth-order valence-electron chi connectivity index (χ4n) is 2.47. The van der Waals surface area contributed by atoms with Gasteiger partial charge in [0.1, 0.15) is 0 Å². The van der Waals surface area contributed by atoms with E-state index < -0.39 is 56.1 Å². The van der Waals surface area contributed by atoms with E-state index in [1.165, 1.54) is 0 Å². The van der Waals surface area contributed by atoms with E-state index in [0.717, 1.165) is 10.0 Å². The number of hydrogen-bond donors (Lipinski definition) is 2. The summed E-state index contributed by atoms with van der Waals surface area (Å²) in [6, 6.07) is 0. The molecule has 2 fully saturated rings. The molecule has 0 aromatic rings. The van der Waals surface area contributed by atoms with Gasteiger partial charge in [0.25, 0.3) is 0 Å². The first kappa shape index (κ1) is 19.1. The third-order valence-corrected chi connectivity index (χ3v) is 9.96. The minimum atomic E-state index is -2.47. The van der Waals surface area contributed by atoms with Crippen molar-refractivity contribution >= 4 is 26.2 Å². The van der Waals surface area contributed by atoms with Crippen molar-refractivity contribution < 1.29 is 33.6 Å². The third kappa shape index (κ3) is 3.73. The van der Waals surface area contributed by atoms with Crippen molar-refractivity contribution in [2.75, 3.05) is 11.2 Å². The number of rotatable bonds is 5. The molecule has 1 amide bonds. The molecule has 0 bridgehead atoms. The van der Waals surface area contributed by atoms with Crippen LogP contribution in [-0.2, 0) is 14.2 Å². The maximum atomic E-state index is 15.2. The van der Waals surface area contributed by atoms with Gasteiger partial charge in [-0.1, -0.05) is 0 Å². The summed E-state index contributed by atoms with van der Waals surface area (Å²) in [6.45, 7) is 8.22. The number of halogens is 2. The van der Waals surface area contributed by atoms with Crippen molar-refractivity contribution in [2.45, 2.75) is 68.4 Å². The van der Waals surface area contributed by atoms with Crippen molar-refractivity contribution in [3.8, 4) is 0 Å². The normalized spacial score (nSPS) is 31.2. The molecule has 1 unspecified atom stereocenters. The summed E-state index contributed by atoms with van der Waals surface area (Å²) >= 11 is -2.19. The molecular weight excluding hydrogens is 424 g/mol. The Morgan fingerprint density at radius 3 is 2.52 bits per heavy atom. The van der Waals surface area contributed by atoms with Crippen LogP contribution in [-0.4, -0.2) is 64.5 Å². The predicted molar refractivity (Wildman–Crippen MR) is 88.8 cm³/mol. The van der Waals surface area contributed by atoms with Gasteiger partial charge >= 0.3 is 143 Å². The Morgan fingerprint density at radius 2 is 2.04 bits per heavy atom. The van der Waals surface area contributed by atoms with Gasteiger partial charge in [-0.3, -0.25) is 0 Å². The molecule has 0 spiro atoms. The van der Waals surface area contributed by atoms with Gasteiger partial charge in [0, 0.05) is 0 Å². The molecule has 0 aromatic carbocycles. The Morgan fingerprint density at radius 1 is 1.43 bits per heavy atom. The molecule has 4 atom stereocenters. The summed E-state index contributed by atoms with van der Waals surface area (Å²) < 4.78 is 32.4. The minimum absolute atomic E-state index is 0.0113.